The summed E-state index contributed by atoms with van der Waals surface area (Å²) in [7, 11) is 0. The summed E-state index contributed by atoms with van der Waals surface area (Å²) < 4.78 is 9.93. The fourth-order valence-corrected chi connectivity index (χ4v) is 9.78. The molecule has 2 atom stereocenters. The van der Waals surface area contributed by atoms with Gasteiger partial charge in [0.05, 0.1) is 23.5 Å². The molecule has 2 aliphatic heterocycles. The van der Waals surface area contributed by atoms with Crippen LogP contribution in [0.1, 0.15) is 89.3 Å². The van der Waals surface area contributed by atoms with Crippen LogP contribution in [0.15, 0.2) is 97.8 Å². The zero-order valence-corrected chi connectivity index (χ0v) is 39.2. The lowest BCUT2D eigenvalue weighted by Crippen LogP contribution is -2.51. The number of hydrogen-bond acceptors (Lipinski definition) is 9. The molecule has 4 aliphatic rings. The standard InChI is InChI=1S/C28H32ClN5O2.C23H24ClN5/c1-19-30-10-11-34(19)18-21-16-20-17-22(29)7-8-24(20)26(25-23(21)6-5-9-31-25)32-12-14-33(15-13-32)27(35)36-28(2,3)4;1-16-26-9-12-29(16)15-18-13-17-14-19(24)4-5-21(17)23(28-10-7-25-8-11-28)22-20(18)3-2-6-27-22/h5-11,16-17,26H,12-15,18H2,1-4H3;2-6,9,12-14,23,25H,7-8,10-11,15H2,1H3. The van der Waals surface area contributed by atoms with Crippen molar-refractivity contribution in [2.24, 2.45) is 0 Å². The molecule has 4 aromatic heterocycles. The van der Waals surface area contributed by atoms with Gasteiger partial charge in [0.25, 0.3) is 0 Å². The molecule has 2 fully saturated rings. The summed E-state index contributed by atoms with van der Waals surface area (Å²) >= 11 is 12.9. The summed E-state index contributed by atoms with van der Waals surface area (Å²) in [5.41, 5.74) is 11.1. The average molecular weight is 912 g/mol. The first kappa shape index (κ1) is 44.6. The number of nitrogens with one attached hydrogen (secondary N) is 1. The van der Waals surface area contributed by atoms with Crippen molar-refractivity contribution < 1.29 is 9.53 Å². The molecule has 2 saturated heterocycles. The molecule has 1 amide bonds. The molecule has 0 saturated carbocycles. The number of benzene rings is 2. The quantitative estimate of drug-likeness (QED) is 0.175. The maximum absolute atomic E-state index is 12.7. The highest BCUT2D eigenvalue weighted by Crippen LogP contribution is 2.42. The molecular formula is C51H56Cl2N10O2. The molecule has 6 heterocycles. The summed E-state index contributed by atoms with van der Waals surface area (Å²) in [5.74, 6) is 1.97. The molecule has 65 heavy (non-hydrogen) atoms. The third-order valence-corrected chi connectivity index (χ3v) is 13.1. The highest BCUT2D eigenvalue weighted by molar-refractivity contribution is 6.31. The van der Waals surface area contributed by atoms with Crippen LogP contribution in [-0.4, -0.2) is 108 Å². The Morgan fingerprint density at radius 2 is 1.14 bits per heavy atom. The van der Waals surface area contributed by atoms with Gasteiger partial charge in [0.15, 0.2) is 0 Å². The number of hydrogen-bond donors (Lipinski definition) is 1. The summed E-state index contributed by atoms with van der Waals surface area (Å²) in [6.45, 7) is 17.8. The van der Waals surface area contributed by atoms with Crippen molar-refractivity contribution in [3.05, 3.63) is 164 Å². The van der Waals surface area contributed by atoms with Crippen LogP contribution in [0.4, 0.5) is 4.79 Å². The van der Waals surface area contributed by atoms with Crippen molar-refractivity contribution in [1.82, 2.24) is 49.1 Å². The summed E-state index contributed by atoms with van der Waals surface area (Å²) in [4.78, 5) is 38.0. The van der Waals surface area contributed by atoms with Crippen LogP contribution >= 0.6 is 23.2 Å². The van der Waals surface area contributed by atoms with Crippen LogP contribution in [0, 0.1) is 13.8 Å². The van der Waals surface area contributed by atoms with E-state index in [1.165, 1.54) is 27.8 Å². The van der Waals surface area contributed by atoms with Gasteiger partial charge in [-0.3, -0.25) is 19.8 Å². The second kappa shape index (κ2) is 19.1. The second-order valence-electron chi connectivity index (χ2n) is 18.1. The van der Waals surface area contributed by atoms with Crippen LogP contribution in [0.3, 0.4) is 0 Å². The molecule has 14 heteroatoms. The monoisotopic (exact) mass is 910 g/mol. The van der Waals surface area contributed by atoms with Crippen LogP contribution in [0.5, 0.6) is 0 Å². The first-order chi connectivity index (χ1) is 31.4. The fraction of sp³-hybridized carbons (Fsp3) is 0.353. The number of aromatic nitrogens is 6. The molecule has 1 N–H and O–H groups in total. The Kier molecular flexibility index (Phi) is 13.1. The number of carbonyl (C=O) groups is 1. The summed E-state index contributed by atoms with van der Waals surface area (Å²) in [5, 5.41) is 4.93. The first-order valence-corrected chi connectivity index (χ1v) is 23.2. The summed E-state index contributed by atoms with van der Waals surface area (Å²) in [6.07, 6.45) is 15.8. The van der Waals surface area contributed by atoms with Crippen molar-refractivity contribution in [2.75, 3.05) is 52.4 Å². The molecule has 0 spiro atoms. The minimum absolute atomic E-state index is 0.0492. The number of fused-ring (bicyclic) bond motifs is 4. The lowest BCUT2D eigenvalue weighted by atomic mass is 9.95. The van der Waals surface area contributed by atoms with E-state index in [-0.39, 0.29) is 18.2 Å². The van der Waals surface area contributed by atoms with E-state index in [2.05, 4.69) is 76.7 Å². The lowest BCUT2D eigenvalue weighted by molar-refractivity contribution is 0.0118. The van der Waals surface area contributed by atoms with E-state index in [1.807, 2.05) is 102 Å². The number of pyridine rings is 2. The lowest BCUT2D eigenvalue weighted by Gasteiger charge is -2.40. The van der Waals surface area contributed by atoms with Crippen molar-refractivity contribution in [2.45, 2.75) is 65.4 Å². The Labute approximate surface area is 391 Å². The molecule has 6 aromatic rings. The van der Waals surface area contributed by atoms with Crippen molar-refractivity contribution in [1.29, 1.82) is 0 Å². The molecule has 0 radical (unpaired) electrons. The molecule has 336 valence electrons. The third-order valence-electron chi connectivity index (χ3n) is 12.6. The van der Waals surface area contributed by atoms with Crippen LogP contribution < -0.4 is 5.32 Å². The number of piperazine rings is 2. The maximum atomic E-state index is 12.7. The zero-order valence-electron chi connectivity index (χ0n) is 37.7. The SMILES string of the molecule is Cc1nccn1CC1=Cc2cc(Cl)ccc2C(N2CCN(C(=O)OC(C)(C)C)CC2)c2ncccc21.Cc1nccn1CC1=Cc2cc(Cl)ccc2C(N2CCNCC2)c2ncccc21. The van der Waals surface area contributed by atoms with E-state index in [9.17, 15) is 4.79 Å². The Balaban J connectivity index is 0.000000168. The topological polar surface area (TPSA) is 109 Å². The number of rotatable bonds is 6. The molecule has 2 aliphatic carbocycles. The van der Waals surface area contributed by atoms with Crippen molar-refractivity contribution in [3.8, 4) is 0 Å². The number of carbonyl (C=O) groups excluding carboxylic acids is 1. The van der Waals surface area contributed by atoms with Crippen LogP contribution in [-0.2, 0) is 17.8 Å². The van der Waals surface area contributed by atoms with Crippen molar-refractivity contribution >= 4 is 52.6 Å². The smallest absolute Gasteiger partial charge is 0.410 e. The predicted molar refractivity (Wildman–Crippen MR) is 259 cm³/mol. The highest BCUT2D eigenvalue weighted by Gasteiger charge is 2.35. The summed E-state index contributed by atoms with van der Waals surface area (Å²) in [6, 6.07) is 20.8. The van der Waals surface area contributed by atoms with Gasteiger partial charge in [0.1, 0.15) is 17.2 Å². The van der Waals surface area contributed by atoms with E-state index in [0.29, 0.717) is 24.7 Å². The van der Waals surface area contributed by atoms with Crippen LogP contribution in [0.25, 0.3) is 23.3 Å². The average Bonchev–Trinajstić information content (AvgIpc) is 3.83. The number of halogens is 2. The van der Waals surface area contributed by atoms with E-state index >= 15 is 0 Å². The number of ether oxygens (including phenoxy) is 1. The predicted octanol–water partition coefficient (Wildman–Crippen LogP) is 9.22. The van der Waals surface area contributed by atoms with E-state index in [1.54, 1.807) is 4.90 Å². The minimum Gasteiger partial charge on any atom is -0.444 e. The van der Waals surface area contributed by atoms with Gasteiger partial charge in [-0.2, -0.15) is 0 Å². The van der Waals surface area contributed by atoms with Gasteiger partial charge in [-0.1, -0.05) is 47.5 Å². The molecular weight excluding hydrogens is 856 g/mol. The Morgan fingerprint density at radius 3 is 1.58 bits per heavy atom. The molecule has 2 aromatic carbocycles. The second-order valence-corrected chi connectivity index (χ2v) is 18.9. The Bertz CT molecular complexity index is 2740. The van der Waals surface area contributed by atoms with Gasteiger partial charge < -0.3 is 24.1 Å². The van der Waals surface area contributed by atoms with Gasteiger partial charge in [-0.05, 0) is 117 Å². The molecule has 0 bridgehead atoms. The van der Waals surface area contributed by atoms with Gasteiger partial charge in [0, 0.05) is 124 Å². The zero-order chi connectivity index (χ0) is 45.2. The van der Waals surface area contributed by atoms with Gasteiger partial charge in [-0.25, -0.2) is 14.8 Å². The Morgan fingerprint density at radius 1 is 0.662 bits per heavy atom. The van der Waals surface area contributed by atoms with Gasteiger partial charge in [0.2, 0.25) is 0 Å². The molecule has 12 nitrogen and oxygen atoms in total. The van der Waals surface area contributed by atoms with Gasteiger partial charge in [-0.15, -0.1) is 0 Å². The number of allylic oxidation sites excluding steroid dienone is 2. The first-order valence-electron chi connectivity index (χ1n) is 22.4. The van der Waals surface area contributed by atoms with E-state index in [4.69, 9.17) is 37.9 Å². The maximum Gasteiger partial charge on any atom is 0.410 e. The Hall–Kier alpha value is -5.63. The molecule has 2 unspecified atom stereocenters. The number of amides is 1. The number of aryl methyl sites for hydroxylation is 2. The van der Waals surface area contributed by atoms with E-state index in [0.717, 1.165) is 90.6 Å². The number of nitrogens with zero attached hydrogens (tertiary/aromatic N) is 9. The third kappa shape index (κ3) is 9.83. The van der Waals surface area contributed by atoms with Gasteiger partial charge >= 0.3 is 6.09 Å². The minimum atomic E-state index is -0.508. The normalized spacial score (nSPS) is 18.7. The van der Waals surface area contributed by atoms with Crippen LogP contribution in [0.2, 0.25) is 10.0 Å². The van der Waals surface area contributed by atoms with E-state index < -0.39 is 5.60 Å². The fourth-order valence-electron chi connectivity index (χ4n) is 9.42. The number of imidazole rings is 2. The molecule has 10 rings (SSSR count). The largest absolute Gasteiger partial charge is 0.444 e. The highest BCUT2D eigenvalue weighted by atomic mass is 35.5. The van der Waals surface area contributed by atoms with Crippen molar-refractivity contribution in [3.63, 3.8) is 0 Å².